The molecule has 70 heavy (non-hydrogen) atoms. The number of benzene rings is 2. The second kappa shape index (κ2) is 22.7. The molecule has 0 atom stereocenters. The van der Waals surface area contributed by atoms with Crippen molar-refractivity contribution >= 4 is 72.6 Å². The van der Waals surface area contributed by atoms with E-state index in [9.17, 15) is 24.0 Å². The van der Waals surface area contributed by atoms with E-state index in [4.69, 9.17) is 43.0 Å². The van der Waals surface area contributed by atoms with Crippen LogP contribution in [0.2, 0.25) is 0 Å². The Balaban J connectivity index is 0.000000210. The van der Waals surface area contributed by atoms with Crippen LogP contribution in [0, 0.1) is 6.57 Å². The lowest BCUT2D eigenvalue weighted by Gasteiger charge is -2.29. The van der Waals surface area contributed by atoms with Crippen molar-refractivity contribution in [2.24, 2.45) is 0 Å². The number of rotatable bonds is 11. The van der Waals surface area contributed by atoms with E-state index in [0.717, 1.165) is 22.3 Å². The van der Waals surface area contributed by atoms with E-state index < -0.39 is 33.8 Å². The van der Waals surface area contributed by atoms with E-state index in [2.05, 4.69) is 24.8 Å². The van der Waals surface area contributed by atoms with Crippen molar-refractivity contribution in [3.8, 4) is 23.3 Å². The highest BCUT2D eigenvalue weighted by Crippen LogP contribution is 2.36. The second-order valence-electron chi connectivity index (χ2n) is 15.6. The summed E-state index contributed by atoms with van der Waals surface area (Å²) in [6.07, 6.45) is 8.08. The maximum Gasteiger partial charge on any atom is 0.394 e. The van der Waals surface area contributed by atoms with Crippen LogP contribution in [0.1, 0.15) is 64.4 Å². The van der Waals surface area contributed by atoms with Crippen LogP contribution < -0.4 is 18.9 Å². The first-order valence-corrected chi connectivity index (χ1v) is 22.9. The molecule has 0 spiro atoms. The van der Waals surface area contributed by atoms with Gasteiger partial charge in [-0.25, -0.2) is 14.8 Å². The Kier molecular flexibility index (Phi) is 16.6. The van der Waals surface area contributed by atoms with Crippen molar-refractivity contribution in [3.63, 3.8) is 0 Å². The monoisotopic (exact) mass is 975 g/mol. The van der Waals surface area contributed by atoms with Crippen molar-refractivity contribution in [2.45, 2.75) is 32.6 Å². The summed E-state index contributed by atoms with van der Waals surface area (Å²) in [5, 5.41) is 0.929. The molecule has 2 saturated heterocycles. The van der Waals surface area contributed by atoms with E-state index in [1.807, 2.05) is 60.7 Å². The predicted octanol–water partition coefficient (Wildman–Crippen LogP) is 6.49. The Bertz CT molecular complexity index is 3150. The highest BCUT2D eigenvalue weighted by molar-refractivity contribution is 7.79. The quantitative estimate of drug-likeness (QED) is 0.0355. The first kappa shape index (κ1) is 51.2. The zero-order chi connectivity index (χ0) is 50.7. The summed E-state index contributed by atoms with van der Waals surface area (Å²) in [6, 6.07) is 19.1. The van der Waals surface area contributed by atoms with Crippen LogP contribution in [0.15, 0.2) is 96.6 Å². The Labute approximate surface area is 402 Å². The van der Waals surface area contributed by atoms with E-state index in [-0.39, 0.29) is 16.9 Å². The lowest BCUT2D eigenvalue weighted by atomic mass is 9.90. The Morgan fingerprint density at radius 2 is 1.01 bits per heavy atom. The van der Waals surface area contributed by atoms with Gasteiger partial charge in [-0.2, -0.15) is 8.42 Å². The molecule has 0 saturated carbocycles. The van der Waals surface area contributed by atoms with Crippen molar-refractivity contribution in [3.05, 3.63) is 130 Å². The molecule has 6 aromatic rings. The van der Waals surface area contributed by atoms with Crippen LogP contribution in [-0.2, 0) is 24.8 Å². The smallest absolute Gasteiger partial charge is 0.394 e. The number of methoxy groups -OCH3 is 4. The number of aromatic nitrogens is 4. The molecule has 8 rings (SSSR count). The van der Waals surface area contributed by atoms with Gasteiger partial charge in [0.05, 0.1) is 69.3 Å². The number of pyridine rings is 2. The summed E-state index contributed by atoms with van der Waals surface area (Å²) < 4.78 is 52.8. The number of hydrogen-bond donors (Lipinski definition) is 4. The molecule has 21 heteroatoms. The third kappa shape index (κ3) is 11.6. The van der Waals surface area contributed by atoms with Gasteiger partial charge in [0.1, 0.15) is 22.5 Å². The average molecular weight is 976 g/mol. The zero-order valence-corrected chi connectivity index (χ0v) is 39.6. The molecular formula is C49H49N7O13S. The minimum absolute atomic E-state index is 0.000460. The van der Waals surface area contributed by atoms with Gasteiger partial charge in [0.15, 0.2) is 11.5 Å². The minimum atomic E-state index is -4.67. The number of fused-ring (bicyclic) bond motifs is 2. The van der Waals surface area contributed by atoms with Crippen LogP contribution in [0.5, 0.6) is 23.3 Å². The van der Waals surface area contributed by atoms with Crippen LogP contribution in [0.4, 0.5) is 0 Å². The average Bonchev–Trinajstić information content (AvgIpc) is 4.03. The standard InChI is InChI=1S/C25H25N3O5.C24H22N4O4.H2O4S/c1-15(29)20(16-7-5-4-6-8-16)17-9-11-28(12-10-17)25(31)23(30)18-13-26-22-21(18)19(32-2)14-27-24(22)33-3;1-25-20(15-7-5-4-6-8-15)16-9-11-28(12-10-16)24(30)22(29)17-13-26-21-19(17)18(31-2)14-27-23(21)32-3;1-5(2,3)4/h4-8,13-14,26H,9-12H2,1-3H3;4-8,13-14,26H,9-12H2,2-3H3;(H2,1,2,3,4). The van der Waals surface area contributed by atoms with Crippen molar-refractivity contribution in [1.29, 1.82) is 0 Å². The normalized spacial score (nSPS) is 13.5. The Hall–Kier alpha value is -8.19. The Morgan fingerprint density at radius 1 is 0.629 bits per heavy atom. The molecular weight excluding hydrogens is 927 g/mol. The number of amides is 2. The molecule has 2 aliphatic rings. The first-order chi connectivity index (χ1) is 33.5. The van der Waals surface area contributed by atoms with E-state index >= 15 is 0 Å². The molecule has 0 radical (unpaired) electrons. The number of H-pyrrole nitrogens is 2. The number of ether oxygens (including phenoxy) is 4. The fourth-order valence-corrected chi connectivity index (χ4v) is 8.33. The van der Waals surface area contributed by atoms with Crippen molar-refractivity contribution in [2.75, 3.05) is 54.6 Å². The molecule has 2 amide bonds. The van der Waals surface area contributed by atoms with E-state index in [1.165, 1.54) is 58.1 Å². The molecule has 2 aliphatic heterocycles. The third-order valence-electron chi connectivity index (χ3n) is 11.6. The van der Waals surface area contributed by atoms with Crippen LogP contribution in [0.25, 0.3) is 37.9 Å². The van der Waals surface area contributed by atoms with Gasteiger partial charge < -0.3 is 38.7 Å². The maximum atomic E-state index is 13.1. The zero-order valence-electron chi connectivity index (χ0n) is 38.8. The van der Waals surface area contributed by atoms with E-state index in [0.29, 0.717) is 108 Å². The molecule has 2 aromatic carbocycles. The summed E-state index contributed by atoms with van der Waals surface area (Å²) >= 11 is 0. The number of hydrogen-bond acceptors (Lipinski definition) is 13. The second-order valence-corrected chi connectivity index (χ2v) is 16.5. The first-order valence-electron chi connectivity index (χ1n) is 21.5. The molecule has 20 nitrogen and oxygen atoms in total. The number of aromatic amines is 2. The molecule has 4 N–H and O–H groups in total. The number of allylic oxidation sites excluding steroid dienone is 1. The summed E-state index contributed by atoms with van der Waals surface area (Å²) in [7, 11) is 1.24. The SMILES string of the molecule is COc1ncc(OC)c2c(C(=O)C(=O)N3CCC(=C(C(C)=O)c4ccccc4)CC3)c[nH]c12.O=S(=O)(O)O.[C-]#[N+]C(=C1CCN(C(=O)C(=O)c2c[nH]c3c(OC)ncc(OC)c23)CC1)c1ccccc1. The molecule has 2 fully saturated rings. The van der Waals surface area contributed by atoms with Crippen molar-refractivity contribution in [1.82, 2.24) is 29.7 Å². The van der Waals surface area contributed by atoms with Crippen molar-refractivity contribution < 1.29 is 60.4 Å². The molecule has 0 unspecified atom stereocenters. The summed E-state index contributed by atoms with van der Waals surface area (Å²) in [6.45, 7) is 10.6. The van der Waals surface area contributed by atoms with Crippen LogP contribution in [-0.4, -0.2) is 131 Å². The number of ketones is 3. The fourth-order valence-electron chi connectivity index (χ4n) is 8.33. The molecule has 0 aliphatic carbocycles. The number of likely N-dealkylation sites (tertiary alicyclic amines) is 2. The van der Waals surface area contributed by atoms with Gasteiger partial charge >= 0.3 is 10.4 Å². The fraction of sp³-hybridized carbons (Fsp3) is 0.265. The predicted molar refractivity (Wildman–Crippen MR) is 257 cm³/mol. The van der Waals surface area contributed by atoms with E-state index in [1.54, 1.807) is 11.8 Å². The third-order valence-corrected chi connectivity index (χ3v) is 11.6. The van der Waals surface area contributed by atoms with Gasteiger partial charge in [-0.05, 0) is 43.7 Å². The van der Waals surface area contributed by atoms with Gasteiger partial charge in [-0.3, -0.25) is 33.1 Å². The molecule has 6 heterocycles. The largest absolute Gasteiger partial charge is 0.494 e. The van der Waals surface area contributed by atoms with Gasteiger partial charge in [0, 0.05) is 44.1 Å². The van der Waals surface area contributed by atoms with Gasteiger partial charge in [0.25, 0.3) is 23.4 Å². The number of carbonyl (C=O) groups excluding carboxylic acids is 5. The minimum Gasteiger partial charge on any atom is -0.494 e. The van der Waals surface area contributed by atoms with Gasteiger partial charge in [0.2, 0.25) is 11.8 Å². The molecule has 364 valence electrons. The molecule has 4 aromatic heterocycles. The summed E-state index contributed by atoms with van der Waals surface area (Å²) in [5.41, 5.74) is 6.52. The number of nitrogens with zero attached hydrogens (tertiary/aromatic N) is 5. The van der Waals surface area contributed by atoms with Crippen LogP contribution >= 0.6 is 0 Å². The van der Waals surface area contributed by atoms with Gasteiger partial charge in [-0.1, -0.05) is 71.8 Å². The number of piperidine rings is 2. The number of carbonyl (C=O) groups is 5. The Morgan fingerprint density at radius 3 is 1.37 bits per heavy atom. The topological polar surface area (TPSA) is 265 Å². The molecule has 0 bridgehead atoms. The lowest BCUT2D eigenvalue weighted by molar-refractivity contribution is -0.127. The summed E-state index contributed by atoms with van der Waals surface area (Å²) in [5.74, 6) is -1.04. The highest BCUT2D eigenvalue weighted by Gasteiger charge is 2.32. The van der Waals surface area contributed by atoms with Gasteiger partial charge in [-0.15, -0.1) is 0 Å². The highest BCUT2D eigenvalue weighted by atomic mass is 32.3. The summed E-state index contributed by atoms with van der Waals surface area (Å²) in [4.78, 5) is 85.7. The maximum absolute atomic E-state index is 13.1. The lowest BCUT2D eigenvalue weighted by Crippen LogP contribution is -2.40. The number of Topliss-reactive ketones (excluding diaryl/α,β-unsaturated/α-hetero) is 3. The van der Waals surface area contributed by atoms with Crippen LogP contribution in [0.3, 0.4) is 0 Å². The number of nitrogens with one attached hydrogen (secondary N) is 2.